The molecule has 1 aromatic heterocycles. The Labute approximate surface area is 103 Å². The zero-order valence-electron chi connectivity index (χ0n) is 10.2. The van der Waals surface area contributed by atoms with Crippen molar-refractivity contribution >= 4 is 10.0 Å². The van der Waals surface area contributed by atoms with E-state index in [9.17, 15) is 8.42 Å². The Morgan fingerprint density at radius 3 is 2.53 bits per heavy atom. The van der Waals surface area contributed by atoms with Gasteiger partial charge in [0.15, 0.2) is 0 Å². The highest BCUT2D eigenvalue weighted by Crippen LogP contribution is 2.09. The topological polar surface area (TPSA) is 71.1 Å². The molecular formula is C11H19N3O2S. The molecule has 0 aliphatic heterocycles. The molecule has 0 aromatic carbocycles. The summed E-state index contributed by atoms with van der Waals surface area (Å²) in [6, 6.07) is 4.18. The molecule has 0 saturated heterocycles. The molecule has 17 heavy (non-hydrogen) atoms. The number of nitrogens with one attached hydrogen (secondary N) is 2. The fraction of sp³-hybridized carbons (Fsp3) is 0.545. The van der Waals surface area contributed by atoms with Crippen molar-refractivity contribution in [2.75, 3.05) is 19.3 Å². The van der Waals surface area contributed by atoms with Gasteiger partial charge in [0.1, 0.15) is 0 Å². The van der Waals surface area contributed by atoms with Crippen LogP contribution in [0.1, 0.15) is 24.9 Å². The monoisotopic (exact) mass is 257 g/mol. The number of sulfonamides is 1. The second-order valence-corrected chi connectivity index (χ2v) is 5.81. The normalized spacial score (nSPS) is 13.5. The Kier molecular flexibility index (Phi) is 5.54. The van der Waals surface area contributed by atoms with Gasteiger partial charge in [-0.25, -0.2) is 13.1 Å². The van der Waals surface area contributed by atoms with E-state index in [0.29, 0.717) is 6.54 Å². The molecule has 2 N–H and O–H groups in total. The van der Waals surface area contributed by atoms with Crippen LogP contribution in [-0.4, -0.2) is 32.7 Å². The quantitative estimate of drug-likeness (QED) is 0.704. The fourth-order valence-corrected chi connectivity index (χ4v) is 1.95. The molecule has 0 aliphatic rings. The van der Waals surface area contributed by atoms with E-state index in [4.69, 9.17) is 0 Å². The second-order valence-electron chi connectivity index (χ2n) is 3.98. The lowest BCUT2D eigenvalue weighted by Gasteiger charge is -2.13. The molecule has 0 bridgehead atoms. The lowest BCUT2D eigenvalue weighted by molar-refractivity contribution is 0.548. The largest absolute Gasteiger partial charge is 0.310 e. The van der Waals surface area contributed by atoms with Crippen molar-refractivity contribution in [2.45, 2.75) is 19.4 Å². The molecule has 0 saturated carbocycles. The van der Waals surface area contributed by atoms with Crippen molar-refractivity contribution < 1.29 is 8.42 Å². The highest BCUT2D eigenvalue weighted by molar-refractivity contribution is 7.88. The van der Waals surface area contributed by atoms with Gasteiger partial charge in [0, 0.05) is 25.0 Å². The van der Waals surface area contributed by atoms with Crippen LogP contribution in [0.5, 0.6) is 0 Å². The summed E-state index contributed by atoms with van der Waals surface area (Å²) in [4.78, 5) is 3.96. The summed E-state index contributed by atoms with van der Waals surface area (Å²) >= 11 is 0. The molecule has 1 atom stereocenters. The van der Waals surface area contributed by atoms with Gasteiger partial charge >= 0.3 is 0 Å². The van der Waals surface area contributed by atoms with E-state index >= 15 is 0 Å². The van der Waals surface area contributed by atoms with E-state index < -0.39 is 10.0 Å². The van der Waals surface area contributed by atoms with Crippen LogP contribution in [0.3, 0.4) is 0 Å². The molecule has 96 valence electrons. The highest BCUT2D eigenvalue weighted by Gasteiger charge is 2.03. The van der Waals surface area contributed by atoms with E-state index in [1.807, 2.05) is 12.1 Å². The Morgan fingerprint density at radius 1 is 1.29 bits per heavy atom. The van der Waals surface area contributed by atoms with Crippen molar-refractivity contribution in [1.29, 1.82) is 0 Å². The smallest absolute Gasteiger partial charge is 0.208 e. The van der Waals surface area contributed by atoms with Crippen LogP contribution in [0.4, 0.5) is 0 Å². The third kappa shape index (κ3) is 6.35. The maximum Gasteiger partial charge on any atom is 0.208 e. The van der Waals surface area contributed by atoms with E-state index in [1.165, 1.54) is 11.8 Å². The lowest BCUT2D eigenvalue weighted by atomic mass is 10.1. The minimum Gasteiger partial charge on any atom is -0.310 e. The Hall–Kier alpha value is -0.980. The SMILES string of the molecule is CC(NCCCNS(C)(=O)=O)c1ccncc1. The maximum atomic E-state index is 10.8. The van der Waals surface area contributed by atoms with E-state index in [1.54, 1.807) is 12.4 Å². The first kappa shape index (κ1) is 14.1. The molecule has 5 nitrogen and oxygen atoms in total. The summed E-state index contributed by atoms with van der Waals surface area (Å²) in [6.45, 7) is 3.31. The van der Waals surface area contributed by atoms with Crippen molar-refractivity contribution in [1.82, 2.24) is 15.0 Å². The highest BCUT2D eigenvalue weighted by atomic mass is 32.2. The van der Waals surface area contributed by atoms with Gasteiger partial charge in [-0.15, -0.1) is 0 Å². The van der Waals surface area contributed by atoms with Crippen LogP contribution in [-0.2, 0) is 10.0 Å². The standard InChI is InChI=1S/C11H19N3O2S/c1-10(11-4-8-12-9-5-11)13-6-3-7-14-17(2,15)16/h4-5,8-10,13-14H,3,6-7H2,1-2H3. The minimum absolute atomic E-state index is 0.247. The van der Waals surface area contributed by atoms with Crippen LogP contribution in [0, 0.1) is 0 Å². The van der Waals surface area contributed by atoms with Crippen LogP contribution >= 0.6 is 0 Å². The molecule has 1 unspecified atom stereocenters. The minimum atomic E-state index is -3.06. The Bertz CT molecular complexity index is 420. The molecule has 0 radical (unpaired) electrons. The predicted molar refractivity (Wildman–Crippen MR) is 68.1 cm³/mol. The van der Waals surface area contributed by atoms with Crippen LogP contribution in [0.15, 0.2) is 24.5 Å². The molecule has 1 rings (SSSR count). The summed E-state index contributed by atoms with van der Waals surface area (Å²) in [5.74, 6) is 0. The first-order valence-corrected chi connectivity index (χ1v) is 7.46. The molecule has 0 spiro atoms. The third-order valence-corrected chi connectivity index (χ3v) is 3.10. The van der Waals surface area contributed by atoms with Crippen LogP contribution in [0.2, 0.25) is 0 Å². The third-order valence-electron chi connectivity index (χ3n) is 2.37. The summed E-state index contributed by atoms with van der Waals surface area (Å²) in [5.41, 5.74) is 1.18. The number of hydrogen-bond donors (Lipinski definition) is 2. The molecular weight excluding hydrogens is 238 g/mol. The van der Waals surface area contributed by atoms with E-state index in [-0.39, 0.29) is 6.04 Å². The molecule has 0 amide bonds. The van der Waals surface area contributed by atoms with Crippen molar-refractivity contribution in [3.05, 3.63) is 30.1 Å². The van der Waals surface area contributed by atoms with Gasteiger partial charge in [0.05, 0.1) is 6.26 Å². The fourth-order valence-electron chi connectivity index (χ4n) is 1.43. The van der Waals surface area contributed by atoms with Gasteiger partial charge in [0.25, 0.3) is 0 Å². The Morgan fingerprint density at radius 2 is 1.94 bits per heavy atom. The van der Waals surface area contributed by atoms with E-state index in [2.05, 4.69) is 21.9 Å². The lowest BCUT2D eigenvalue weighted by Crippen LogP contribution is -2.27. The van der Waals surface area contributed by atoms with Crippen LogP contribution in [0.25, 0.3) is 0 Å². The predicted octanol–water partition coefficient (Wildman–Crippen LogP) is 0.671. The van der Waals surface area contributed by atoms with Gasteiger partial charge < -0.3 is 5.32 Å². The number of nitrogens with zero attached hydrogens (tertiary/aromatic N) is 1. The van der Waals surface area contributed by atoms with Crippen molar-refractivity contribution in [3.8, 4) is 0 Å². The summed E-state index contributed by atoms with van der Waals surface area (Å²) in [7, 11) is -3.06. The number of pyridine rings is 1. The molecule has 6 heteroatoms. The van der Waals surface area contributed by atoms with Crippen molar-refractivity contribution in [3.63, 3.8) is 0 Å². The summed E-state index contributed by atoms with van der Waals surface area (Å²) in [5, 5.41) is 3.32. The van der Waals surface area contributed by atoms with Gasteiger partial charge in [0.2, 0.25) is 10.0 Å². The van der Waals surface area contributed by atoms with Crippen molar-refractivity contribution in [2.24, 2.45) is 0 Å². The number of hydrogen-bond acceptors (Lipinski definition) is 4. The molecule has 1 aromatic rings. The van der Waals surface area contributed by atoms with Gasteiger partial charge in [-0.05, 0) is 37.6 Å². The van der Waals surface area contributed by atoms with Gasteiger partial charge in [-0.1, -0.05) is 0 Å². The Balaban J connectivity index is 2.19. The summed E-state index contributed by atoms with van der Waals surface area (Å²) in [6.07, 6.45) is 5.46. The number of rotatable bonds is 7. The second kappa shape index (κ2) is 6.68. The average molecular weight is 257 g/mol. The van der Waals surface area contributed by atoms with Crippen LogP contribution < -0.4 is 10.0 Å². The molecule has 0 aliphatic carbocycles. The van der Waals surface area contributed by atoms with Gasteiger partial charge in [-0.3, -0.25) is 4.98 Å². The zero-order chi connectivity index (χ0) is 12.7. The summed E-state index contributed by atoms with van der Waals surface area (Å²) < 4.78 is 24.1. The van der Waals surface area contributed by atoms with Gasteiger partial charge in [-0.2, -0.15) is 0 Å². The number of aromatic nitrogens is 1. The van der Waals surface area contributed by atoms with E-state index in [0.717, 1.165) is 13.0 Å². The molecule has 0 fully saturated rings. The first-order chi connectivity index (χ1) is 7.99. The average Bonchev–Trinajstić information content (AvgIpc) is 2.28. The first-order valence-electron chi connectivity index (χ1n) is 5.57. The molecule has 1 heterocycles. The zero-order valence-corrected chi connectivity index (χ0v) is 11.0. The maximum absolute atomic E-state index is 10.8.